The van der Waals surface area contributed by atoms with Crippen LogP contribution < -0.4 is 9.47 Å². The zero-order valence-corrected chi connectivity index (χ0v) is 23.6. The average Bonchev–Trinajstić information content (AvgIpc) is 3.29. The molecule has 3 heterocycles. The van der Waals surface area contributed by atoms with Gasteiger partial charge in [0.15, 0.2) is 11.6 Å². The van der Waals surface area contributed by atoms with Gasteiger partial charge in [-0.05, 0) is 72.0 Å². The maximum atomic E-state index is 14.2. The summed E-state index contributed by atoms with van der Waals surface area (Å²) in [5, 5.41) is 9.49. The Bertz CT molecular complexity index is 1740. The number of ether oxygens (including phenoxy) is 3. The van der Waals surface area contributed by atoms with E-state index in [-0.39, 0.29) is 17.2 Å². The zero-order valence-electron chi connectivity index (χ0n) is 23.6. The standard InChI is InChI=1S/C31H27F6N3O5/c32-23-9-17(1-4-26(23)45-30(33)34)16-44-27-12-20-13-39(7-5-18(20)10-22(27)31(35,36)37)15-28-38-24-3-2-19(29(41)42)11-25(24)40(28)14-21-6-8-43-21/h1-4,9-12,21,30H,5-8,13-16H2,(H,41,42)/t21-/m0/s1. The minimum absolute atomic E-state index is 0.0290. The van der Waals surface area contributed by atoms with Crippen LogP contribution in [0.5, 0.6) is 11.5 Å². The lowest BCUT2D eigenvalue weighted by Gasteiger charge is -2.31. The normalized spacial score (nSPS) is 16.9. The number of aromatic carboxylic acids is 1. The van der Waals surface area contributed by atoms with Crippen molar-refractivity contribution in [3.8, 4) is 11.5 Å². The Balaban J connectivity index is 1.24. The number of fused-ring (bicyclic) bond motifs is 2. The lowest BCUT2D eigenvalue weighted by molar-refractivity contribution is -0.139. The van der Waals surface area contributed by atoms with Crippen molar-refractivity contribution >= 4 is 17.0 Å². The van der Waals surface area contributed by atoms with Crippen LogP contribution in [0.4, 0.5) is 26.3 Å². The smallest absolute Gasteiger partial charge is 0.419 e. The highest BCUT2D eigenvalue weighted by atomic mass is 19.4. The SMILES string of the molecule is O=C(O)c1ccc2nc(CN3CCc4cc(C(F)(F)F)c(OCc5ccc(OC(F)F)c(F)c5)cc4C3)n(C[C@@H]3CCO3)c2c1. The number of rotatable bonds is 10. The van der Waals surface area contributed by atoms with E-state index in [1.807, 2.05) is 9.47 Å². The summed E-state index contributed by atoms with van der Waals surface area (Å²) in [6, 6.07) is 10.2. The number of hydrogen-bond acceptors (Lipinski definition) is 6. The second kappa shape index (κ2) is 12.2. The molecule has 1 atom stereocenters. The monoisotopic (exact) mass is 635 g/mol. The van der Waals surface area contributed by atoms with Crippen LogP contribution in [0, 0.1) is 5.82 Å². The first-order valence-corrected chi connectivity index (χ1v) is 14.1. The van der Waals surface area contributed by atoms with Crippen molar-refractivity contribution in [2.75, 3.05) is 13.2 Å². The predicted octanol–water partition coefficient (Wildman–Crippen LogP) is 6.42. The number of aromatic nitrogens is 2. The number of hydrogen-bond donors (Lipinski definition) is 1. The molecule has 0 amide bonds. The van der Waals surface area contributed by atoms with Gasteiger partial charge >= 0.3 is 18.8 Å². The molecule has 0 spiro atoms. The van der Waals surface area contributed by atoms with Gasteiger partial charge in [0.05, 0.1) is 41.4 Å². The van der Waals surface area contributed by atoms with E-state index < -0.39 is 48.2 Å². The van der Waals surface area contributed by atoms with Crippen LogP contribution in [-0.4, -0.2) is 51.4 Å². The van der Waals surface area contributed by atoms with Gasteiger partial charge < -0.3 is 23.9 Å². The second-order valence-corrected chi connectivity index (χ2v) is 10.9. The van der Waals surface area contributed by atoms with Crippen molar-refractivity contribution in [3.05, 3.63) is 88.0 Å². The lowest BCUT2D eigenvalue weighted by atomic mass is 9.96. The van der Waals surface area contributed by atoms with E-state index in [4.69, 9.17) is 14.5 Å². The molecule has 2 aliphatic rings. The Morgan fingerprint density at radius 1 is 1.09 bits per heavy atom. The Labute approximate surface area is 252 Å². The molecular formula is C31H27F6N3O5. The van der Waals surface area contributed by atoms with Crippen LogP contribution in [0.3, 0.4) is 0 Å². The largest absolute Gasteiger partial charge is 0.488 e. The molecular weight excluding hydrogens is 608 g/mol. The first-order valence-electron chi connectivity index (χ1n) is 14.1. The first-order chi connectivity index (χ1) is 21.4. The first kappa shape index (κ1) is 30.7. The molecule has 6 rings (SSSR count). The van der Waals surface area contributed by atoms with E-state index in [0.29, 0.717) is 67.2 Å². The Morgan fingerprint density at radius 2 is 1.89 bits per heavy atom. The number of benzene rings is 3. The fraction of sp³-hybridized carbons (Fsp3) is 0.355. The molecule has 14 heteroatoms. The Morgan fingerprint density at radius 3 is 2.56 bits per heavy atom. The van der Waals surface area contributed by atoms with Crippen LogP contribution in [0.1, 0.15) is 44.9 Å². The van der Waals surface area contributed by atoms with E-state index in [0.717, 1.165) is 24.6 Å². The van der Waals surface area contributed by atoms with Gasteiger partial charge in [-0.2, -0.15) is 22.0 Å². The van der Waals surface area contributed by atoms with E-state index >= 15 is 0 Å². The molecule has 1 saturated heterocycles. The number of alkyl halides is 5. The molecule has 3 aromatic carbocycles. The number of imidazole rings is 1. The minimum atomic E-state index is -4.72. The fourth-order valence-corrected chi connectivity index (χ4v) is 5.57. The molecule has 1 fully saturated rings. The number of carboxylic acid groups (broad SMARTS) is 1. The second-order valence-electron chi connectivity index (χ2n) is 10.9. The van der Waals surface area contributed by atoms with Crippen molar-refractivity contribution in [1.82, 2.24) is 14.5 Å². The average molecular weight is 636 g/mol. The summed E-state index contributed by atoms with van der Waals surface area (Å²) >= 11 is 0. The van der Waals surface area contributed by atoms with Crippen LogP contribution in [0.15, 0.2) is 48.5 Å². The van der Waals surface area contributed by atoms with Gasteiger partial charge in [-0.1, -0.05) is 6.07 Å². The van der Waals surface area contributed by atoms with E-state index in [1.165, 1.54) is 18.2 Å². The van der Waals surface area contributed by atoms with Crippen molar-refractivity contribution < 1.29 is 50.5 Å². The fourth-order valence-electron chi connectivity index (χ4n) is 5.57. The summed E-state index contributed by atoms with van der Waals surface area (Å²) in [5.74, 6) is -2.60. The Hall–Kier alpha value is -4.30. The number of halogens is 6. The highest BCUT2D eigenvalue weighted by molar-refractivity contribution is 5.92. The minimum Gasteiger partial charge on any atom is -0.488 e. The maximum Gasteiger partial charge on any atom is 0.419 e. The third kappa shape index (κ3) is 6.71. The van der Waals surface area contributed by atoms with Gasteiger partial charge in [0.2, 0.25) is 0 Å². The van der Waals surface area contributed by atoms with E-state index in [2.05, 4.69) is 4.74 Å². The molecule has 0 saturated carbocycles. The molecule has 45 heavy (non-hydrogen) atoms. The maximum absolute atomic E-state index is 14.2. The lowest BCUT2D eigenvalue weighted by Crippen LogP contribution is -2.34. The third-order valence-corrected chi connectivity index (χ3v) is 7.92. The third-order valence-electron chi connectivity index (χ3n) is 7.92. The predicted molar refractivity (Wildman–Crippen MR) is 148 cm³/mol. The topological polar surface area (TPSA) is 86.0 Å². The van der Waals surface area contributed by atoms with E-state index in [9.17, 15) is 36.2 Å². The summed E-state index contributed by atoms with van der Waals surface area (Å²) in [4.78, 5) is 18.4. The molecule has 4 aromatic rings. The summed E-state index contributed by atoms with van der Waals surface area (Å²) in [6.45, 7) is -1.43. The quantitative estimate of drug-likeness (QED) is 0.201. The number of nitrogens with zero attached hydrogens (tertiary/aromatic N) is 3. The molecule has 238 valence electrons. The molecule has 0 aliphatic carbocycles. The Kier molecular flexibility index (Phi) is 8.35. The van der Waals surface area contributed by atoms with Crippen molar-refractivity contribution in [3.63, 3.8) is 0 Å². The molecule has 1 aromatic heterocycles. The highest BCUT2D eigenvalue weighted by Crippen LogP contribution is 2.40. The van der Waals surface area contributed by atoms with Gasteiger partial charge in [0.25, 0.3) is 0 Å². The van der Waals surface area contributed by atoms with Crippen molar-refractivity contribution in [2.24, 2.45) is 0 Å². The number of carbonyl (C=O) groups is 1. The van der Waals surface area contributed by atoms with Gasteiger partial charge in [0.1, 0.15) is 18.2 Å². The zero-order chi connectivity index (χ0) is 31.9. The molecule has 8 nitrogen and oxygen atoms in total. The van der Waals surface area contributed by atoms with Gasteiger partial charge in [-0.25, -0.2) is 14.2 Å². The molecule has 0 bridgehead atoms. The van der Waals surface area contributed by atoms with Crippen LogP contribution in [-0.2, 0) is 43.6 Å². The molecule has 0 radical (unpaired) electrons. The summed E-state index contributed by atoms with van der Waals surface area (Å²) in [5.41, 5.74) is 1.72. The number of carboxylic acids is 1. The summed E-state index contributed by atoms with van der Waals surface area (Å²) < 4.78 is 98.2. The van der Waals surface area contributed by atoms with Crippen LogP contribution in [0.25, 0.3) is 11.0 Å². The molecule has 0 unspecified atom stereocenters. The van der Waals surface area contributed by atoms with E-state index in [1.54, 1.807) is 12.1 Å². The van der Waals surface area contributed by atoms with Crippen molar-refractivity contribution in [2.45, 2.75) is 58.0 Å². The van der Waals surface area contributed by atoms with Gasteiger partial charge in [-0.15, -0.1) is 0 Å². The van der Waals surface area contributed by atoms with Crippen LogP contribution in [0.2, 0.25) is 0 Å². The summed E-state index contributed by atoms with van der Waals surface area (Å²) in [6.07, 6.45) is -3.55. The van der Waals surface area contributed by atoms with Crippen LogP contribution >= 0.6 is 0 Å². The molecule has 1 N–H and O–H groups in total. The van der Waals surface area contributed by atoms with Gasteiger partial charge in [0, 0.05) is 19.7 Å². The van der Waals surface area contributed by atoms with Crippen molar-refractivity contribution in [1.29, 1.82) is 0 Å². The summed E-state index contributed by atoms with van der Waals surface area (Å²) in [7, 11) is 0. The van der Waals surface area contributed by atoms with Gasteiger partial charge in [-0.3, -0.25) is 4.90 Å². The highest BCUT2D eigenvalue weighted by Gasteiger charge is 2.36. The molecule has 2 aliphatic heterocycles.